The van der Waals surface area contributed by atoms with E-state index in [2.05, 4.69) is 60.6 Å². The van der Waals surface area contributed by atoms with Crippen LogP contribution in [0.1, 0.15) is 57.6 Å². The topological polar surface area (TPSA) is 61.4 Å². The SMILES string of the molecule is CC(C)CCC(=O)NCC(=O)NCc1ccc(CN2CCC(C)CC2)cc1. The van der Waals surface area contributed by atoms with E-state index in [1.807, 2.05) is 0 Å². The lowest BCUT2D eigenvalue weighted by molar-refractivity contribution is -0.126. The van der Waals surface area contributed by atoms with Crippen molar-refractivity contribution >= 4 is 11.8 Å². The standard InChI is InChI=1S/C22H35N3O2/c1-17(2)4-9-21(26)24-15-22(27)23-14-19-5-7-20(8-6-19)16-25-12-10-18(3)11-13-25/h5-8,17-18H,4,9-16H2,1-3H3,(H,23,27)(H,24,26). The van der Waals surface area contributed by atoms with Gasteiger partial charge < -0.3 is 10.6 Å². The van der Waals surface area contributed by atoms with E-state index in [4.69, 9.17) is 0 Å². The summed E-state index contributed by atoms with van der Waals surface area (Å²) in [7, 11) is 0. The summed E-state index contributed by atoms with van der Waals surface area (Å²) in [4.78, 5) is 26.0. The Kier molecular flexibility index (Phi) is 8.79. The number of amides is 2. The highest BCUT2D eigenvalue weighted by atomic mass is 16.2. The van der Waals surface area contributed by atoms with E-state index < -0.39 is 0 Å². The summed E-state index contributed by atoms with van der Waals surface area (Å²) in [5.74, 6) is 1.13. The van der Waals surface area contributed by atoms with Crippen molar-refractivity contribution in [1.29, 1.82) is 0 Å². The van der Waals surface area contributed by atoms with E-state index in [9.17, 15) is 9.59 Å². The predicted octanol–water partition coefficient (Wildman–Crippen LogP) is 3.09. The Labute approximate surface area is 163 Å². The third-order valence-corrected chi connectivity index (χ3v) is 5.19. The smallest absolute Gasteiger partial charge is 0.239 e. The zero-order chi connectivity index (χ0) is 19.6. The quantitative estimate of drug-likeness (QED) is 0.699. The molecule has 5 heteroatoms. The second-order valence-corrected chi connectivity index (χ2v) is 8.26. The van der Waals surface area contributed by atoms with Crippen LogP contribution in [0.5, 0.6) is 0 Å². The van der Waals surface area contributed by atoms with Gasteiger partial charge in [-0.2, -0.15) is 0 Å². The fourth-order valence-electron chi connectivity index (χ4n) is 3.19. The molecule has 1 aliphatic rings. The van der Waals surface area contributed by atoms with Gasteiger partial charge in [-0.3, -0.25) is 14.5 Å². The average molecular weight is 374 g/mol. The molecule has 2 rings (SSSR count). The van der Waals surface area contributed by atoms with Gasteiger partial charge in [0.25, 0.3) is 0 Å². The zero-order valence-corrected chi connectivity index (χ0v) is 17.1. The lowest BCUT2D eigenvalue weighted by Crippen LogP contribution is -2.36. The van der Waals surface area contributed by atoms with Crippen molar-refractivity contribution in [3.05, 3.63) is 35.4 Å². The molecular formula is C22H35N3O2. The highest BCUT2D eigenvalue weighted by Crippen LogP contribution is 2.18. The number of hydrogen-bond donors (Lipinski definition) is 2. The van der Waals surface area contributed by atoms with Crippen molar-refractivity contribution in [3.8, 4) is 0 Å². The minimum Gasteiger partial charge on any atom is -0.350 e. The molecule has 1 aromatic rings. The number of carbonyl (C=O) groups excluding carboxylic acids is 2. The molecule has 0 aliphatic carbocycles. The molecule has 2 amide bonds. The van der Waals surface area contributed by atoms with E-state index in [1.165, 1.54) is 31.5 Å². The Balaban J connectivity index is 1.65. The van der Waals surface area contributed by atoms with Gasteiger partial charge in [0.1, 0.15) is 0 Å². The van der Waals surface area contributed by atoms with E-state index in [0.29, 0.717) is 18.9 Å². The number of nitrogens with one attached hydrogen (secondary N) is 2. The maximum absolute atomic E-state index is 11.9. The monoisotopic (exact) mass is 373 g/mol. The van der Waals surface area contributed by atoms with E-state index >= 15 is 0 Å². The van der Waals surface area contributed by atoms with Gasteiger partial charge in [0.15, 0.2) is 0 Å². The Morgan fingerprint density at radius 2 is 1.67 bits per heavy atom. The van der Waals surface area contributed by atoms with Crippen molar-refractivity contribution in [3.63, 3.8) is 0 Å². The first-order valence-electron chi connectivity index (χ1n) is 10.3. The van der Waals surface area contributed by atoms with Crippen molar-refractivity contribution < 1.29 is 9.59 Å². The first-order valence-corrected chi connectivity index (χ1v) is 10.3. The Hall–Kier alpha value is -1.88. The van der Waals surface area contributed by atoms with Crippen LogP contribution in [0.4, 0.5) is 0 Å². The molecule has 1 heterocycles. The van der Waals surface area contributed by atoms with Gasteiger partial charge in [0.05, 0.1) is 6.54 Å². The first kappa shape index (κ1) is 21.4. The maximum atomic E-state index is 11.9. The van der Waals surface area contributed by atoms with Gasteiger partial charge >= 0.3 is 0 Å². The van der Waals surface area contributed by atoms with Crippen LogP contribution in [0.3, 0.4) is 0 Å². The summed E-state index contributed by atoms with van der Waals surface area (Å²) in [5.41, 5.74) is 2.39. The van der Waals surface area contributed by atoms with Crippen LogP contribution in [-0.2, 0) is 22.7 Å². The molecule has 1 saturated heterocycles. The molecule has 27 heavy (non-hydrogen) atoms. The second-order valence-electron chi connectivity index (χ2n) is 8.26. The largest absolute Gasteiger partial charge is 0.350 e. The van der Waals surface area contributed by atoms with Crippen LogP contribution in [0.2, 0.25) is 0 Å². The molecule has 150 valence electrons. The molecule has 0 atom stereocenters. The first-order chi connectivity index (χ1) is 12.9. The maximum Gasteiger partial charge on any atom is 0.239 e. The summed E-state index contributed by atoms with van der Waals surface area (Å²) >= 11 is 0. The number of benzene rings is 1. The normalized spacial score (nSPS) is 15.7. The molecule has 1 fully saturated rings. The summed E-state index contributed by atoms with van der Waals surface area (Å²) in [5, 5.41) is 5.54. The van der Waals surface area contributed by atoms with Gasteiger partial charge in [-0.1, -0.05) is 45.0 Å². The molecule has 0 saturated carbocycles. The Morgan fingerprint density at radius 3 is 2.30 bits per heavy atom. The molecule has 0 aromatic heterocycles. The fourth-order valence-corrected chi connectivity index (χ4v) is 3.19. The van der Waals surface area contributed by atoms with Gasteiger partial charge in [-0.25, -0.2) is 0 Å². The number of carbonyl (C=O) groups is 2. The van der Waals surface area contributed by atoms with E-state index in [1.54, 1.807) is 0 Å². The van der Waals surface area contributed by atoms with Crippen LogP contribution in [0, 0.1) is 11.8 Å². The van der Waals surface area contributed by atoms with Crippen molar-refractivity contribution in [1.82, 2.24) is 15.5 Å². The molecule has 0 bridgehead atoms. The minimum atomic E-state index is -0.153. The van der Waals surface area contributed by atoms with Gasteiger partial charge in [-0.15, -0.1) is 0 Å². The second kappa shape index (κ2) is 11.1. The summed E-state index contributed by atoms with van der Waals surface area (Å²) in [6.07, 6.45) is 3.90. The fraction of sp³-hybridized carbons (Fsp3) is 0.636. The molecule has 0 unspecified atom stereocenters. The van der Waals surface area contributed by atoms with Crippen LogP contribution in [0.15, 0.2) is 24.3 Å². The summed E-state index contributed by atoms with van der Waals surface area (Å²) in [6.45, 7) is 10.4. The molecule has 1 aromatic carbocycles. The number of likely N-dealkylation sites (tertiary alicyclic amines) is 1. The molecule has 2 N–H and O–H groups in total. The predicted molar refractivity (Wildman–Crippen MR) is 109 cm³/mol. The number of hydrogen-bond acceptors (Lipinski definition) is 3. The number of nitrogens with zero attached hydrogens (tertiary/aromatic N) is 1. The van der Waals surface area contributed by atoms with Crippen LogP contribution in [0.25, 0.3) is 0 Å². The minimum absolute atomic E-state index is 0.0440. The van der Waals surface area contributed by atoms with Crippen molar-refractivity contribution in [2.24, 2.45) is 11.8 Å². The van der Waals surface area contributed by atoms with E-state index in [-0.39, 0.29) is 18.4 Å². The third-order valence-electron chi connectivity index (χ3n) is 5.19. The zero-order valence-electron chi connectivity index (χ0n) is 17.1. The highest BCUT2D eigenvalue weighted by Gasteiger charge is 2.15. The van der Waals surface area contributed by atoms with Crippen molar-refractivity contribution in [2.45, 2.75) is 59.5 Å². The van der Waals surface area contributed by atoms with Crippen LogP contribution in [-0.4, -0.2) is 36.3 Å². The van der Waals surface area contributed by atoms with Crippen molar-refractivity contribution in [2.75, 3.05) is 19.6 Å². The van der Waals surface area contributed by atoms with Crippen LogP contribution < -0.4 is 10.6 Å². The molecule has 5 nitrogen and oxygen atoms in total. The molecule has 1 aliphatic heterocycles. The summed E-state index contributed by atoms with van der Waals surface area (Å²) < 4.78 is 0. The Morgan fingerprint density at radius 1 is 1.04 bits per heavy atom. The van der Waals surface area contributed by atoms with E-state index in [0.717, 1.165) is 24.4 Å². The number of rotatable bonds is 9. The van der Waals surface area contributed by atoms with Gasteiger partial charge in [0.2, 0.25) is 11.8 Å². The highest BCUT2D eigenvalue weighted by molar-refractivity contribution is 5.84. The van der Waals surface area contributed by atoms with Gasteiger partial charge in [0, 0.05) is 19.5 Å². The Bertz CT molecular complexity index is 590. The lowest BCUT2D eigenvalue weighted by Gasteiger charge is -2.30. The average Bonchev–Trinajstić information content (AvgIpc) is 2.66. The van der Waals surface area contributed by atoms with Crippen LogP contribution >= 0.6 is 0 Å². The molecule has 0 spiro atoms. The van der Waals surface area contributed by atoms with Gasteiger partial charge in [-0.05, 0) is 55.3 Å². The lowest BCUT2D eigenvalue weighted by atomic mass is 9.99. The summed E-state index contributed by atoms with van der Waals surface area (Å²) in [6, 6.07) is 8.44. The molecule has 0 radical (unpaired) electrons. The number of piperidine rings is 1. The third kappa shape index (κ3) is 8.57. The molecular weight excluding hydrogens is 338 g/mol.